The molecule has 0 unspecified atom stereocenters. The highest BCUT2D eigenvalue weighted by Crippen LogP contribution is 2.26. The second kappa shape index (κ2) is 5.03. The molecule has 0 bridgehead atoms. The lowest BCUT2D eigenvalue weighted by atomic mass is 10.1. The Morgan fingerprint density at radius 2 is 2.33 bits per heavy atom. The second-order valence-corrected chi connectivity index (χ2v) is 3.93. The smallest absolute Gasteiger partial charge is 0.341 e. The van der Waals surface area contributed by atoms with Crippen molar-refractivity contribution >= 4 is 28.5 Å². The van der Waals surface area contributed by atoms with Gasteiger partial charge in [0, 0.05) is 11.6 Å². The normalized spacial score (nSPS) is 10.1. The van der Waals surface area contributed by atoms with Crippen molar-refractivity contribution in [2.24, 2.45) is 0 Å². The Kier molecular flexibility index (Phi) is 3.45. The van der Waals surface area contributed by atoms with E-state index >= 15 is 0 Å². The third kappa shape index (κ3) is 2.13. The second-order valence-electron chi connectivity index (χ2n) is 3.55. The zero-order chi connectivity index (χ0) is 13.1. The van der Waals surface area contributed by atoms with Gasteiger partial charge in [-0.1, -0.05) is 11.6 Å². The number of carbonyl (C=O) groups is 1. The fourth-order valence-electron chi connectivity index (χ4n) is 1.58. The molecule has 2 aromatic rings. The number of rotatable bonds is 2. The standard InChI is InChI=1S/C13H9ClN2O2/c1-2-18-13(17)10-7-16-11-5-8(6-15)3-4-9(11)12(10)14/h3-5,7H,2H2,1H3. The van der Waals surface area contributed by atoms with E-state index in [1.54, 1.807) is 25.1 Å². The molecule has 0 atom stereocenters. The van der Waals surface area contributed by atoms with Crippen LogP contribution >= 0.6 is 11.6 Å². The van der Waals surface area contributed by atoms with Gasteiger partial charge < -0.3 is 4.74 Å². The van der Waals surface area contributed by atoms with Crippen molar-refractivity contribution < 1.29 is 9.53 Å². The van der Waals surface area contributed by atoms with Gasteiger partial charge in [-0.3, -0.25) is 4.98 Å². The molecule has 0 aliphatic carbocycles. The van der Waals surface area contributed by atoms with Gasteiger partial charge in [-0.25, -0.2) is 4.79 Å². The highest BCUT2D eigenvalue weighted by molar-refractivity contribution is 6.38. The first kappa shape index (κ1) is 12.3. The molecule has 90 valence electrons. The Labute approximate surface area is 109 Å². The maximum atomic E-state index is 11.6. The van der Waals surface area contributed by atoms with Crippen molar-refractivity contribution in [3.8, 4) is 6.07 Å². The average molecular weight is 261 g/mol. The molecule has 0 amide bonds. The summed E-state index contributed by atoms with van der Waals surface area (Å²) in [6.45, 7) is 2.00. The van der Waals surface area contributed by atoms with E-state index in [0.717, 1.165) is 0 Å². The maximum Gasteiger partial charge on any atom is 0.341 e. The molecule has 4 nitrogen and oxygen atoms in total. The number of pyridine rings is 1. The van der Waals surface area contributed by atoms with Crippen molar-refractivity contribution in [3.05, 3.63) is 40.5 Å². The van der Waals surface area contributed by atoms with E-state index < -0.39 is 5.97 Å². The molecular formula is C13H9ClN2O2. The summed E-state index contributed by atoms with van der Waals surface area (Å²) in [4.78, 5) is 15.8. The summed E-state index contributed by atoms with van der Waals surface area (Å²) in [6.07, 6.45) is 1.36. The fraction of sp³-hybridized carbons (Fsp3) is 0.154. The lowest BCUT2D eigenvalue weighted by molar-refractivity contribution is 0.0526. The van der Waals surface area contributed by atoms with E-state index in [4.69, 9.17) is 21.6 Å². The van der Waals surface area contributed by atoms with Crippen LogP contribution in [0, 0.1) is 11.3 Å². The minimum atomic E-state index is -0.499. The molecular weight excluding hydrogens is 252 g/mol. The van der Waals surface area contributed by atoms with E-state index in [0.29, 0.717) is 21.5 Å². The molecule has 0 radical (unpaired) electrons. The van der Waals surface area contributed by atoms with Gasteiger partial charge in [-0.05, 0) is 25.1 Å². The Morgan fingerprint density at radius 3 is 3.00 bits per heavy atom. The summed E-state index contributed by atoms with van der Waals surface area (Å²) in [5.41, 5.74) is 1.30. The van der Waals surface area contributed by atoms with Crippen LogP contribution in [0.3, 0.4) is 0 Å². The fourth-order valence-corrected chi connectivity index (χ4v) is 1.87. The average Bonchev–Trinajstić information content (AvgIpc) is 2.38. The topological polar surface area (TPSA) is 63.0 Å². The molecule has 1 aromatic carbocycles. The predicted octanol–water partition coefficient (Wildman–Crippen LogP) is 2.94. The summed E-state index contributed by atoms with van der Waals surface area (Å²) in [7, 11) is 0. The number of halogens is 1. The maximum absolute atomic E-state index is 11.6. The van der Waals surface area contributed by atoms with Crippen LogP contribution in [0.15, 0.2) is 24.4 Å². The molecule has 5 heteroatoms. The molecule has 0 fully saturated rings. The number of hydrogen-bond acceptors (Lipinski definition) is 4. The van der Waals surface area contributed by atoms with Crippen molar-refractivity contribution in [1.29, 1.82) is 5.26 Å². The van der Waals surface area contributed by atoms with E-state index in [9.17, 15) is 4.79 Å². The van der Waals surface area contributed by atoms with Gasteiger partial charge in [0.05, 0.1) is 34.3 Å². The van der Waals surface area contributed by atoms with Gasteiger partial charge >= 0.3 is 5.97 Å². The Morgan fingerprint density at radius 1 is 1.56 bits per heavy atom. The minimum Gasteiger partial charge on any atom is -0.462 e. The van der Waals surface area contributed by atoms with E-state index in [1.165, 1.54) is 6.20 Å². The van der Waals surface area contributed by atoms with E-state index in [2.05, 4.69) is 4.98 Å². The quantitative estimate of drug-likeness (QED) is 0.779. The molecule has 18 heavy (non-hydrogen) atoms. The van der Waals surface area contributed by atoms with Crippen LogP contribution in [0.5, 0.6) is 0 Å². The SMILES string of the molecule is CCOC(=O)c1cnc2cc(C#N)ccc2c1Cl. The number of esters is 1. The lowest BCUT2D eigenvalue weighted by Crippen LogP contribution is -2.06. The molecule has 1 aromatic heterocycles. The number of aromatic nitrogens is 1. The van der Waals surface area contributed by atoms with E-state index in [-0.39, 0.29) is 12.2 Å². The third-order valence-electron chi connectivity index (χ3n) is 2.43. The van der Waals surface area contributed by atoms with Gasteiger partial charge in [0.15, 0.2) is 0 Å². The van der Waals surface area contributed by atoms with Gasteiger partial charge in [0.25, 0.3) is 0 Å². The molecule has 0 aliphatic heterocycles. The molecule has 2 rings (SSSR count). The number of hydrogen-bond donors (Lipinski definition) is 0. The van der Waals surface area contributed by atoms with Crippen molar-refractivity contribution in [2.75, 3.05) is 6.61 Å². The first-order valence-corrected chi connectivity index (χ1v) is 5.70. The third-order valence-corrected chi connectivity index (χ3v) is 2.84. The van der Waals surface area contributed by atoms with Gasteiger partial charge in [0.1, 0.15) is 0 Å². The van der Waals surface area contributed by atoms with E-state index in [1.807, 2.05) is 6.07 Å². The first-order valence-electron chi connectivity index (χ1n) is 5.33. The molecule has 0 saturated carbocycles. The number of nitriles is 1. The molecule has 0 saturated heterocycles. The summed E-state index contributed by atoms with van der Waals surface area (Å²) in [6, 6.07) is 6.95. The molecule has 0 N–H and O–H groups in total. The van der Waals surface area contributed by atoms with Crippen LogP contribution in [0.4, 0.5) is 0 Å². The Hall–Kier alpha value is -2.12. The zero-order valence-corrected chi connectivity index (χ0v) is 10.4. The summed E-state index contributed by atoms with van der Waals surface area (Å²) < 4.78 is 4.89. The number of ether oxygens (including phenoxy) is 1. The summed E-state index contributed by atoms with van der Waals surface area (Å²) in [5, 5.41) is 9.71. The van der Waals surface area contributed by atoms with Crippen molar-refractivity contribution in [2.45, 2.75) is 6.92 Å². The molecule has 0 spiro atoms. The highest BCUT2D eigenvalue weighted by Gasteiger charge is 2.15. The minimum absolute atomic E-state index is 0.232. The number of fused-ring (bicyclic) bond motifs is 1. The Bertz CT molecular complexity index is 662. The number of nitrogens with zero attached hydrogens (tertiary/aromatic N) is 2. The zero-order valence-electron chi connectivity index (χ0n) is 9.61. The molecule has 1 heterocycles. The van der Waals surface area contributed by atoms with Crippen LogP contribution in [0.2, 0.25) is 5.02 Å². The number of carbonyl (C=O) groups excluding carboxylic acids is 1. The highest BCUT2D eigenvalue weighted by atomic mass is 35.5. The van der Waals surface area contributed by atoms with Crippen LogP contribution in [0.1, 0.15) is 22.8 Å². The van der Waals surface area contributed by atoms with Gasteiger partial charge in [-0.15, -0.1) is 0 Å². The lowest BCUT2D eigenvalue weighted by Gasteiger charge is -2.06. The summed E-state index contributed by atoms with van der Waals surface area (Å²) in [5.74, 6) is -0.499. The predicted molar refractivity (Wildman–Crippen MR) is 67.4 cm³/mol. The molecule has 0 aliphatic rings. The van der Waals surface area contributed by atoms with Crippen LogP contribution in [0.25, 0.3) is 10.9 Å². The monoisotopic (exact) mass is 260 g/mol. The van der Waals surface area contributed by atoms with Gasteiger partial charge in [0.2, 0.25) is 0 Å². The van der Waals surface area contributed by atoms with Crippen molar-refractivity contribution in [1.82, 2.24) is 4.98 Å². The Balaban J connectivity index is 2.58. The van der Waals surface area contributed by atoms with Crippen molar-refractivity contribution in [3.63, 3.8) is 0 Å². The first-order chi connectivity index (χ1) is 8.67. The summed E-state index contributed by atoms with van der Waals surface area (Å²) >= 11 is 6.14. The van der Waals surface area contributed by atoms with Crippen LogP contribution < -0.4 is 0 Å². The number of benzene rings is 1. The largest absolute Gasteiger partial charge is 0.462 e. The van der Waals surface area contributed by atoms with Crippen LogP contribution in [-0.4, -0.2) is 17.6 Å². The van der Waals surface area contributed by atoms with Crippen LogP contribution in [-0.2, 0) is 4.74 Å². The van der Waals surface area contributed by atoms with Gasteiger partial charge in [-0.2, -0.15) is 5.26 Å².